The Hall–Kier alpha value is -2.71. The van der Waals surface area contributed by atoms with Gasteiger partial charge in [-0.25, -0.2) is 4.57 Å². The van der Waals surface area contributed by atoms with Gasteiger partial charge in [0.25, 0.3) is 0 Å². The lowest BCUT2D eigenvalue weighted by molar-refractivity contribution is -0.220. The summed E-state index contributed by atoms with van der Waals surface area (Å²) in [5, 5.41) is 50.1. The number of aliphatic hydroxyl groups excluding tert-OH is 5. The Morgan fingerprint density at radius 3 is 1.49 bits per heavy atom. The zero-order valence-electron chi connectivity index (χ0n) is 36.9. The van der Waals surface area contributed by atoms with Gasteiger partial charge in [0.15, 0.2) is 6.10 Å². The van der Waals surface area contributed by atoms with Gasteiger partial charge in [0.05, 0.1) is 6.61 Å². The van der Waals surface area contributed by atoms with Gasteiger partial charge in [-0.05, 0) is 77.0 Å². The molecule has 1 rings (SSSR count). The first-order chi connectivity index (χ1) is 29.4. The number of esters is 2. The SMILES string of the molecule is CC/C=C\C/C=C\C/C=C\C/C=C\C/C=C\CCCC(=O)OC[C@H](COP(=O)(O)OC1C(O)C(O)C(O)[C@@H](O)C1O)OC(=O)CCCCCCC/C=C\CCCCCCCC. The number of carbonyl (C=O) groups excluding carboxylic acids is 2. The number of unbranched alkanes of at least 4 members (excludes halogenated alkanes) is 12. The molecule has 0 spiro atoms. The van der Waals surface area contributed by atoms with E-state index >= 15 is 0 Å². The minimum atomic E-state index is -5.14. The largest absolute Gasteiger partial charge is 0.472 e. The molecule has 0 aromatic rings. The predicted molar refractivity (Wildman–Crippen MR) is 239 cm³/mol. The van der Waals surface area contributed by atoms with Crippen LogP contribution in [0.5, 0.6) is 0 Å². The third-order valence-corrected chi connectivity index (χ3v) is 11.0. The number of allylic oxidation sites excluding steroid dienone is 12. The van der Waals surface area contributed by atoms with Crippen molar-refractivity contribution in [2.24, 2.45) is 0 Å². The minimum absolute atomic E-state index is 0.0711. The van der Waals surface area contributed by atoms with Crippen molar-refractivity contribution in [1.29, 1.82) is 0 Å². The van der Waals surface area contributed by atoms with E-state index < -0.39 is 75.7 Å². The van der Waals surface area contributed by atoms with Crippen molar-refractivity contribution in [2.45, 2.75) is 198 Å². The lowest BCUT2D eigenvalue weighted by atomic mass is 9.85. The Bertz CT molecular complexity index is 1340. The molecule has 14 heteroatoms. The molecular weight excluding hydrogens is 803 g/mol. The van der Waals surface area contributed by atoms with Crippen LogP contribution < -0.4 is 0 Å². The van der Waals surface area contributed by atoms with E-state index in [9.17, 15) is 44.6 Å². The van der Waals surface area contributed by atoms with E-state index in [1.54, 1.807) is 0 Å². The summed E-state index contributed by atoms with van der Waals surface area (Å²) >= 11 is 0. The van der Waals surface area contributed by atoms with Gasteiger partial charge in [0.2, 0.25) is 0 Å². The van der Waals surface area contributed by atoms with Crippen LogP contribution >= 0.6 is 7.82 Å². The molecule has 6 unspecified atom stereocenters. The molecule has 0 aliphatic heterocycles. The van der Waals surface area contributed by atoms with E-state index in [-0.39, 0.29) is 12.8 Å². The molecule has 0 aromatic carbocycles. The van der Waals surface area contributed by atoms with Crippen LogP contribution in [-0.2, 0) is 32.7 Å². The van der Waals surface area contributed by atoms with E-state index in [4.69, 9.17) is 18.5 Å². The van der Waals surface area contributed by atoms with Crippen molar-refractivity contribution in [3.8, 4) is 0 Å². The average molecular weight is 883 g/mol. The van der Waals surface area contributed by atoms with Crippen LogP contribution in [0.3, 0.4) is 0 Å². The molecule has 0 aromatic heterocycles. The highest BCUT2D eigenvalue weighted by Gasteiger charge is 2.51. The van der Waals surface area contributed by atoms with Crippen LogP contribution in [0.25, 0.3) is 0 Å². The van der Waals surface area contributed by atoms with Gasteiger partial charge in [-0.1, -0.05) is 138 Å². The first-order valence-corrected chi connectivity index (χ1v) is 24.2. The summed E-state index contributed by atoms with van der Waals surface area (Å²) in [6, 6.07) is 0. The molecule has 1 aliphatic carbocycles. The lowest BCUT2D eigenvalue weighted by Gasteiger charge is -2.41. The number of rotatable bonds is 36. The van der Waals surface area contributed by atoms with Crippen LogP contribution in [0.1, 0.15) is 155 Å². The molecule has 0 heterocycles. The topological polar surface area (TPSA) is 210 Å². The van der Waals surface area contributed by atoms with Gasteiger partial charge < -0.3 is 39.9 Å². The maximum absolute atomic E-state index is 12.8. The Morgan fingerprint density at radius 2 is 0.951 bits per heavy atom. The molecular formula is C47H79O13P. The summed E-state index contributed by atoms with van der Waals surface area (Å²) in [5.41, 5.74) is 0. The highest BCUT2D eigenvalue weighted by atomic mass is 31.2. The highest BCUT2D eigenvalue weighted by Crippen LogP contribution is 2.47. The van der Waals surface area contributed by atoms with E-state index in [1.807, 2.05) is 12.2 Å². The Labute approximate surface area is 365 Å². The quantitative estimate of drug-likeness (QED) is 0.0151. The normalized spacial score (nSPS) is 22.7. The van der Waals surface area contributed by atoms with Gasteiger partial charge in [0.1, 0.15) is 43.2 Å². The first-order valence-electron chi connectivity index (χ1n) is 22.7. The zero-order chi connectivity index (χ0) is 45.0. The van der Waals surface area contributed by atoms with Crippen molar-refractivity contribution in [1.82, 2.24) is 0 Å². The second-order valence-corrected chi connectivity index (χ2v) is 16.9. The summed E-state index contributed by atoms with van der Waals surface area (Å²) < 4.78 is 33.4. The van der Waals surface area contributed by atoms with E-state index in [0.29, 0.717) is 19.3 Å². The summed E-state index contributed by atoms with van der Waals surface area (Å²) in [7, 11) is -5.14. The minimum Gasteiger partial charge on any atom is -0.462 e. The Kier molecular flexibility index (Phi) is 33.9. The van der Waals surface area contributed by atoms with Crippen LogP contribution in [0, 0.1) is 0 Å². The molecule has 350 valence electrons. The maximum Gasteiger partial charge on any atom is 0.472 e. The van der Waals surface area contributed by atoms with Gasteiger partial charge in [-0.2, -0.15) is 0 Å². The summed E-state index contributed by atoms with van der Waals surface area (Å²) in [5.74, 6) is -1.18. The molecule has 0 saturated heterocycles. The Morgan fingerprint density at radius 1 is 0.525 bits per heavy atom. The fourth-order valence-electron chi connectivity index (χ4n) is 6.37. The summed E-state index contributed by atoms with van der Waals surface area (Å²) in [6.07, 6.45) is 32.5. The second-order valence-electron chi connectivity index (χ2n) is 15.5. The number of hydrogen-bond acceptors (Lipinski definition) is 12. The van der Waals surface area contributed by atoms with Crippen LogP contribution in [-0.4, -0.2) is 98.3 Å². The molecule has 13 nitrogen and oxygen atoms in total. The molecule has 6 N–H and O–H groups in total. The molecule has 61 heavy (non-hydrogen) atoms. The third kappa shape index (κ3) is 29.3. The average Bonchev–Trinajstić information content (AvgIpc) is 3.24. The van der Waals surface area contributed by atoms with Gasteiger partial charge >= 0.3 is 19.8 Å². The standard InChI is InChI=1S/C47H79O13P/c1-3-5-7-9-11-13-15-17-19-20-22-23-25-27-29-31-33-35-40(48)57-37-39(38-58-61(55,56)60-47-45(53)43(51)42(50)44(52)46(47)54)59-41(49)36-34-32-30-28-26-24-21-18-16-14-12-10-8-6-4-2/h5,7,11,13,17-19,21-23,27,29,39,42-47,50-54H,3-4,6,8-10,12,14-16,20,24-26,28,30-38H2,1-2H3,(H,55,56)/b7-5-,13-11-,19-17-,21-18-,23-22-,29-27-/t39-,42?,43-,44?,45?,46?,47?/m1/s1. The first kappa shape index (κ1) is 56.3. The van der Waals surface area contributed by atoms with Crippen LogP contribution in [0.15, 0.2) is 72.9 Å². The number of carbonyl (C=O) groups is 2. The van der Waals surface area contributed by atoms with Crippen molar-refractivity contribution in [2.75, 3.05) is 13.2 Å². The van der Waals surface area contributed by atoms with E-state index in [0.717, 1.165) is 70.6 Å². The highest BCUT2D eigenvalue weighted by molar-refractivity contribution is 7.47. The van der Waals surface area contributed by atoms with Crippen molar-refractivity contribution >= 4 is 19.8 Å². The molecule has 1 fully saturated rings. The van der Waals surface area contributed by atoms with Crippen LogP contribution in [0.4, 0.5) is 0 Å². The molecule has 8 atom stereocenters. The molecule has 1 saturated carbocycles. The number of aliphatic hydroxyl groups is 5. The smallest absolute Gasteiger partial charge is 0.462 e. The van der Waals surface area contributed by atoms with Crippen molar-refractivity contribution < 1.29 is 63.1 Å². The summed E-state index contributed by atoms with van der Waals surface area (Å²) in [6.45, 7) is 3.11. The monoisotopic (exact) mass is 883 g/mol. The lowest BCUT2D eigenvalue weighted by Crippen LogP contribution is -2.64. The van der Waals surface area contributed by atoms with Crippen LogP contribution in [0.2, 0.25) is 0 Å². The molecule has 1 aliphatic rings. The zero-order valence-corrected chi connectivity index (χ0v) is 37.8. The van der Waals surface area contributed by atoms with Gasteiger partial charge in [-0.3, -0.25) is 18.6 Å². The van der Waals surface area contributed by atoms with Gasteiger partial charge in [-0.15, -0.1) is 0 Å². The van der Waals surface area contributed by atoms with E-state index in [2.05, 4.69) is 74.6 Å². The Balaban J connectivity index is 2.52. The van der Waals surface area contributed by atoms with Gasteiger partial charge in [0, 0.05) is 12.8 Å². The number of phosphoric acid groups is 1. The fourth-order valence-corrected chi connectivity index (χ4v) is 7.35. The number of phosphoric ester groups is 1. The second kappa shape index (κ2) is 36.7. The van der Waals surface area contributed by atoms with Crippen molar-refractivity contribution in [3.63, 3.8) is 0 Å². The third-order valence-electron chi connectivity index (χ3n) is 10.0. The molecule has 0 amide bonds. The number of ether oxygens (including phenoxy) is 2. The van der Waals surface area contributed by atoms with E-state index in [1.165, 1.54) is 38.5 Å². The fraction of sp³-hybridized carbons (Fsp3) is 0.702. The molecule has 0 radical (unpaired) electrons. The number of hydrogen-bond donors (Lipinski definition) is 6. The van der Waals surface area contributed by atoms with Crippen molar-refractivity contribution in [3.05, 3.63) is 72.9 Å². The summed E-state index contributed by atoms with van der Waals surface area (Å²) in [4.78, 5) is 35.7. The maximum atomic E-state index is 12.8. The molecule has 0 bridgehead atoms. The predicted octanol–water partition coefficient (Wildman–Crippen LogP) is 8.72.